The number of rotatable bonds is 4. The number of hydrogen-bond donors (Lipinski definition) is 0. The molecular formula is C20H18F2N2O3S2. The van der Waals surface area contributed by atoms with Gasteiger partial charge < -0.3 is 4.90 Å². The molecule has 2 aliphatic heterocycles. The molecule has 0 N–H and O–H groups in total. The van der Waals surface area contributed by atoms with E-state index in [0.717, 1.165) is 29.5 Å². The molecule has 4 rings (SSSR count). The maximum Gasteiger partial charge on any atom is 0.248 e. The Morgan fingerprint density at radius 3 is 2.62 bits per heavy atom. The lowest BCUT2D eigenvalue weighted by molar-refractivity contribution is -0.117. The van der Waals surface area contributed by atoms with Crippen molar-refractivity contribution in [2.45, 2.75) is 24.1 Å². The molecule has 9 heteroatoms. The number of carbonyl (C=O) groups excluding carboxylic acids is 1. The van der Waals surface area contributed by atoms with Crippen molar-refractivity contribution < 1.29 is 22.0 Å². The molecule has 29 heavy (non-hydrogen) atoms. The van der Waals surface area contributed by atoms with E-state index in [1.54, 1.807) is 0 Å². The molecular weight excluding hydrogens is 418 g/mol. The molecule has 2 saturated heterocycles. The third-order valence-electron chi connectivity index (χ3n) is 4.93. The first-order valence-electron chi connectivity index (χ1n) is 9.09. The maximum atomic E-state index is 14.5. The van der Waals surface area contributed by atoms with E-state index in [1.165, 1.54) is 11.0 Å². The molecule has 0 aliphatic carbocycles. The zero-order valence-corrected chi connectivity index (χ0v) is 16.9. The number of anilines is 1. The molecule has 0 spiro atoms. The fourth-order valence-corrected chi connectivity index (χ4v) is 7.51. The van der Waals surface area contributed by atoms with E-state index in [1.807, 2.05) is 30.3 Å². The minimum absolute atomic E-state index is 0.0260. The molecule has 0 bridgehead atoms. The second kappa shape index (κ2) is 7.87. The molecule has 2 heterocycles. The molecule has 5 nitrogen and oxygen atoms in total. The SMILES string of the molecule is O=C(CCc1ccccc1)N=C1S[C@@H]2CS(=O)(=O)C[C@@H]2N1c1ccc(F)cc1F. The average molecular weight is 437 g/mol. The van der Waals surface area contributed by atoms with Crippen LogP contribution in [0.4, 0.5) is 14.5 Å². The summed E-state index contributed by atoms with van der Waals surface area (Å²) in [5.74, 6) is -2.13. The fraction of sp³-hybridized carbons (Fsp3) is 0.300. The van der Waals surface area contributed by atoms with Gasteiger partial charge in [0.1, 0.15) is 11.6 Å². The highest BCUT2D eigenvalue weighted by molar-refractivity contribution is 8.16. The van der Waals surface area contributed by atoms with Crippen molar-refractivity contribution in [1.29, 1.82) is 0 Å². The molecule has 1 amide bonds. The van der Waals surface area contributed by atoms with Gasteiger partial charge in [0.2, 0.25) is 5.91 Å². The number of aryl methyl sites for hydroxylation is 1. The summed E-state index contributed by atoms with van der Waals surface area (Å²) in [6.07, 6.45) is 0.703. The van der Waals surface area contributed by atoms with Crippen LogP contribution in [0.3, 0.4) is 0 Å². The zero-order chi connectivity index (χ0) is 20.6. The van der Waals surface area contributed by atoms with E-state index >= 15 is 0 Å². The van der Waals surface area contributed by atoms with E-state index in [-0.39, 0.29) is 39.9 Å². The van der Waals surface area contributed by atoms with Crippen molar-refractivity contribution in [2.24, 2.45) is 4.99 Å². The molecule has 0 aromatic heterocycles. The van der Waals surface area contributed by atoms with Gasteiger partial charge in [-0.15, -0.1) is 0 Å². The van der Waals surface area contributed by atoms with E-state index in [4.69, 9.17) is 0 Å². The quantitative estimate of drug-likeness (QED) is 0.737. The predicted molar refractivity (Wildman–Crippen MR) is 110 cm³/mol. The number of benzene rings is 2. The number of thioether (sulfide) groups is 1. The van der Waals surface area contributed by atoms with Crippen LogP contribution in [0.1, 0.15) is 12.0 Å². The molecule has 152 valence electrons. The van der Waals surface area contributed by atoms with Gasteiger partial charge in [-0.1, -0.05) is 42.1 Å². The maximum absolute atomic E-state index is 14.5. The number of amidine groups is 1. The monoisotopic (exact) mass is 436 g/mol. The summed E-state index contributed by atoms with van der Waals surface area (Å²) in [5, 5.41) is -0.0800. The number of amides is 1. The van der Waals surface area contributed by atoms with Crippen LogP contribution in [0.15, 0.2) is 53.5 Å². The van der Waals surface area contributed by atoms with Gasteiger partial charge in [-0.3, -0.25) is 4.79 Å². The topological polar surface area (TPSA) is 66.8 Å². The Kier molecular flexibility index (Phi) is 5.44. The Bertz CT molecular complexity index is 1070. The molecule has 0 saturated carbocycles. The van der Waals surface area contributed by atoms with Crippen LogP contribution in [0.2, 0.25) is 0 Å². The fourth-order valence-electron chi connectivity index (χ4n) is 3.58. The standard InChI is InChI=1S/C20H18F2N2O3S2/c21-14-7-8-16(15(22)10-14)24-17-11-29(26,27)12-18(17)28-20(24)23-19(25)9-6-13-4-2-1-3-5-13/h1-5,7-8,10,17-18H,6,9,11-12H2/t17-,18+/m0/s1. The number of aliphatic imine (C=N–C) groups is 1. The summed E-state index contributed by atoms with van der Waals surface area (Å²) in [4.78, 5) is 18.0. The van der Waals surface area contributed by atoms with Crippen LogP contribution in [0, 0.1) is 11.6 Å². The molecule has 2 fully saturated rings. The second-order valence-corrected chi connectivity index (χ2v) is 10.4. The lowest BCUT2D eigenvalue weighted by atomic mass is 10.1. The Morgan fingerprint density at radius 2 is 1.90 bits per heavy atom. The Hall–Kier alpha value is -2.26. The van der Waals surface area contributed by atoms with Crippen LogP contribution in [-0.4, -0.2) is 42.3 Å². The van der Waals surface area contributed by atoms with Crippen LogP contribution < -0.4 is 4.90 Å². The number of sulfone groups is 1. The number of hydrogen-bond acceptors (Lipinski definition) is 4. The van der Waals surface area contributed by atoms with E-state index < -0.39 is 27.5 Å². The van der Waals surface area contributed by atoms with Gasteiger partial charge in [0.25, 0.3) is 0 Å². The summed E-state index contributed by atoms with van der Waals surface area (Å²) in [5.41, 5.74) is 1.03. The van der Waals surface area contributed by atoms with Gasteiger partial charge in [-0.05, 0) is 24.1 Å². The summed E-state index contributed by atoms with van der Waals surface area (Å²) < 4.78 is 51.9. The molecule has 2 aromatic carbocycles. The van der Waals surface area contributed by atoms with E-state index in [0.29, 0.717) is 6.42 Å². The molecule has 2 aromatic rings. The first-order valence-corrected chi connectivity index (χ1v) is 11.8. The summed E-state index contributed by atoms with van der Waals surface area (Å²) in [7, 11) is -3.26. The number of nitrogens with zero attached hydrogens (tertiary/aromatic N) is 2. The Labute approximate surface area is 171 Å². The highest BCUT2D eigenvalue weighted by atomic mass is 32.2. The van der Waals surface area contributed by atoms with Gasteiger partial charge in [0, 0.05) is 17.7 Å². The highest BCUT2D eigenvalue weighted by Crippen LogP contribution is 2.41. The minimum atomic E-state index is -3.26. The number of carbonyl (C=O) groups is 1. The van der Waals surface area contributed by atoms with Gasteiger partial charge >= 0.3 is 0 Å². The van der Waals surface area contributed by atoms with E-state index in [9.17, 15) is 22.0 Å². The Balaban J connectivity index is 1.60. The normalized spacial score (nSPS) is 24.1. The first-order chi connectivity index (χ1) is 13.8. The van der Waals surface area contributed by atoms with Gasteiger partial charge in [0.15, 0.2) is 15.0 Å². The van der Waals surface area contributed by atoms with Crippen LogP contribution in [0.5, 0.6) is 0 Å². The van der Waals surface area contributed by atoms with Gasteiger partial charge in [-0.25, -0.2) is 17.2 Å². The van der Waals surface area contributed by atoms with Gasteiger partial charge in [0.05, 0.1) is 23.2 Å². The number of fused-ring (bicyclic) bond motifs is 1. The van der Waals surface area contributed by atoms with Crippen molar-refractivity contribution in [3.63, 3.8) is 0 Å². The Morgan fingerprint density at radius 1 is 1.14 bits per heavy atom. The van der Waals surface area contributed by atoms with Crippen LogP contribution in [0.25, 0.3) is 0 Å². The molecule has 2 atom stereocenters. The average Bonchev–Trinajstić information content (AvgIpc) is 3.12. The van der Waals surface area contributed by atoms with Crippen molar-refractivity contribution >= 4 is 38.4 Å². The van der Waals surface area contributed by atoms with Crippen molar-refractivity contribution in [3.05, 3.63) is 65.7 Å². The van der Waals surface area contributed by atoms with Crippen LogP contribution in [-0.2, 0) is 21.1 Å². The van der Waals surface area contributed by atoms with Crippen molar-refractivity contribution in [3.8, 4) is 0 Å². The zero-order valence-electron chi connectivity index (χ0n) is 15.3. The summed E-state index contributed by atoms with van der Waals surface area (Å²) >= 11 is 1.16. The third kappa shape index (κ3) is 4.35. The number of halogens is 2. The van der Waals surface area contributed by atoms with Crippen LogP contribution >= 0.6 is 11.8 Å². The smallest absolute Gasteiger partial charge is 0.248 e. The molecule has 0 radical (unpaired) electrons. The van der Waals surface area contributed by atoms with Gasteiger partial charge in [-0.2, -0.15) is 4.99 Å². The predicted octanol–water partition coefficient (Wildman–Crippen LogP) is 3.20. The molecule has 2 aliphatic rings. The lowest BCUT2D eigenvalue weighted by Gasteiger charge is -2.24. The second-order valence-electron chi connectivity index (χ2n) is 7.04. The van der Waals surface area contributed by atoms with E-state index in [2.05, 4.69) is 4.99 Å². The first kappa shape index (κ1) is 20.0. The van der Waals surface area contributed by atoms with Crippen molar-refractivity contribution in [1.82, 2.24) is 0 Å². The highest BCUT2D eigenvalue weighted by Gasteiger charge is 2.50. The largest absolute Gasteiger partial charge is 0.313 e. The van der Waals surface area contributed by atoms with Crippen molar-refractivity contribution in [2.75, 3.05) is 16.4 Å². The lowest BCUT2D eigenvalue weighted by Crippen LogP contribution is -2.38. The summed E-state index contributed by atoms with van der Waals surface area (Å²) in [6.45, 7) is 0. The third-order valence-corrected chi connectivity index (χ3v) is 8.14. The molecule has 0 unspecified atom stereocenters. The minimum Gasteiger partial charge on any atom is -0.313 e. The summed E-state index contributed by atoms with van der Waals surface area (Å²) in [6, 6.07) is 12.1.